The summed E-state index contributed by atoms with van der Waals surface area (Å²) in [5.41, 5.74) is 3.00. The number of benzene rings is 4. The van der Waals surface area contributed by atoms with Crippen LogP contribution in [-0.4, -0.2) is 69.8 Å². The van der Waals surface area contributed by atoms with E-state index >= 15 is 0 Å². The Kier molecular flexibility index (Phi) is 8.29. The van der Waals surface area contributed by atoms with E-state index in [1.807, 2.05) is 12.1 Å². The van der Waals surface area contributed by atoms with Crippen LogP contribution in [0.5, 0.6) is 0 Å². The molecule has 6 rings (SSSR count). The summed E-state index contributed by atoms with van der Waals surface area (Å²) >= 11 is 13.0. The number of aliphatic hydroxyl groups excluding tert-OH is 1. The van der Waals surface area contributed by atoms with Crippen molar-refractivity contribution >= 4 is 63.7 Å². The highest BCUT2D eigenvalue weighted by molar-refractivity contribution is 6.36. The molecule has 0 saturated carbocycles. The van der Waals surface area contributed by atoms with Gasteiger partial charge in [0.05, 0.1) is 27.1 Å². The smallest absolute Gasteiger partial charge is 0.329 e. The molecule has 0 aliphatic carbocycles. The van der Waals surface area contributed by atoms with E-state index in [0.29, 0.717) is 43.9 Å². The number of ketones is 1. The Morgan fingerprint density at radius 3 is 2.00 bits per heavy atom. The lowest BCUT2D eigenvalue weighted by atomic mass is 10.0. The van der Waals surface area contributed by atoms with Crippen molar-refractivity contribution in [2.24, 2.45) is 0 Å². The Labute approximate surface area is 264 Å². The Bertz CT molecular complexity index is 1710. The molecule has 4 aromatic carbocycles. The van der Waals surface area contributed by atoms with Crippen LogP contribution in [0, 0.1) is 0 Å². The van der Waals surface area contributed by atoms with Crippen molar-refractivity contribution in [2.45, 2.75) is 18.8 Å². The second kappa shape index (κ2) is 12.3. The number of carbonyl (C=O) groups excluding carboxylic acids is 2. The fourth-order valence-corrected chi connectivity index (χ4v) is 6.26. The molecule has 44 heavy (non-hydrogen) atoms. The van der Waals surface area contributed by atoms with Gasteiger partial charge in [0.2, 0.25) is 0 Å². The zero-order valence-electron chi connectivity index (χ0n) is 23.4. The number of rotatable bonds is 5. The zero-order chi connectivity index (χ0) is 31.0. The molecular weight excluding hydrogens is 603 g/mol. The van der Waals surface area contributed by atoms with Gasteiger partial charge in [-0.2, -0.15) is 0 Å². The van der Waals surface area contributed by atoms with Gasteiger partial charge in [-0.25, -0.2) is 9.69 Å². The number of piperazine rings is 1. The van der Waals surface area contributed by atoms with Crippen LogP contribution in [0.3, 0.4) is 0 Å². The van der Waals surface area contributed by atoms with Gasteiger partial charge in [0, 0.05) is 37.3 Å². The molecule has 2 aliphatic rings. The molecule has 2 amide bonds. The van der Waals surface area contributed by atoms with E-state index in [2.05, 4.69) is 0 Å². The molecule has 2 atom stereocenters. The van der Waals surface area contributed by atoms with Crippen molar-refractivity contribution in [3.63, 3.8) is 0 Å². The molecule has 0 bridgehead atoms. The molecule has 1 saturated heterocycles. The van der Waals surface area contributed by atoms with E-state index in [1.165, 1.54) is 14.7 Å². The topological polar surface area (TPSA) is 105 Å². The quantitative estimate of drug-likeness (QED) is 0.271. The summed E-state index contributed by atoms with van der Waals surface area (Å²) in [6.45, 7) is -0.106. The predicted molar refractivity (Wildman–Crippen MR) is 169 cm³/mol. The highest BCUT2D eigenvalue weighted by atomic mass is 35.5. The second-order valence-electron chi connectivity index (χ2n) is 10.5. The van der Waals surface area contributed by atoms with Gasteiger partial charge in [0.25, 0.3) is 0 Å². The van der Waals surface area contributed by atoms with E-state index in [0.717, 1.165) is 0 Å². The molecule has 11 heteroatoms. The second-order valence-corrected chi connectivity index (χ2v) is 11.3. The maximum absolute atomic E-state index is 14.2. The van der Waals surface area contributed by atoms with Gasteiger partial charge >= 0.3 is 12.0 Å². The first kappa shape index (κ1) is 29.7. The zero-order valence-corrected chi connectivity index (χ0v) is 24.9. The van der Waals surface area contributed by atoms with Crippen molar-refractivity contribution in [3.05, 3.63) is 118 Å². The summed E-state index contributed by atoms with van der Waals surface area (Å²) in [7, 11) is 0. The van der Waals surface area contributed by atoms with E-state index in [1.54, 1.807) is 89.8 Å². The number of nitrogens with zero attached hydrogens (tertiary/aromatic N) is 4. The van der Waals surface area contributed by atoms with Crippen LogP contribution in [-0.2, 0) is 11.2 Å². The number of amides is 2. The molecule has 2 heterocycles. The van der Waals surface area contributed by atoms with Crippen LogP contribution in [0.1, 0.15) is 15.9 Å². The number of para-hydroxylation sites is 4. The molecular formula is C33H28Cl2N4O5. The van der Waals surface area contributed by atoms with Gasteiger partial charge in [0.15, 0.2) is 12.1 Å². The third kappa shape index (κ3) is 5.39. The van der Waals surface area contributed by atoms with Crippen LogP contribution in [0.15, 0.2) is 97.1 Å². The summed E-state index contributed by atoms with van der Waals surface area (Å²) in [5, 5.41) is 22.9. The molecule has 224 valence electrons. The van der Waals surface area contributed by atoms with E-state index in [4.69, 9.17) is 23.2 Å². The highest BCUT2D eigenvalue weighted by Gasteiger charge is 2.43. The van der Waals surface area contributed by atoms with Crippen molar-refractivity contribution < 1.29 is 24.6 Å². The number of aliphatic hydroxyl groups is 1. The number of halogens is 2. The Balaban J connectivity index is 1.35. The average Bonchev–Trinajstić information content (AvgIpc) is 3.16. The van der Waals surface area contributed by atoms with E-state index < -0.39 is 24.4 Å². The molecule has 1 unspecified atom stereocenters. The Morgan fingerprint density at radius 1 is 0.795 bits per heavy atom. The summed E-state index contributed by atoms with van der Waals surface area (Å²) in [6.07, 6.45) is -1.31. The first-order valence-corrected chi connectivity index (χ1v) is 14.8. The molecule has 9 nitrogen and oxygen atoms in total. The standard InChI is InChI=1S/C33H28Cl2N4O5/c34-23-11-3-7-15-27(23)39(28-16-8-4-12-24(28)35)32(43)36-17-18-37(29(20-36)31(41)42)33(44)38-25-13-5-1-9-21(25)19-30(40)22-10-2-6-14-26(22)38/h1-16,29,33,44H,17-20H2,(H,41,42)/t29-,33?/m0/s1. The Hall–Kier alpha value is -4.41. The number of carboxylic acid groups (broad SMARTS) is 1. The summed E-state index contributed by atoms with van der Waals surface area (Å²) in [5.74, 6) is -1.32. The Morgan fingerprint density at radius 2 is 1.36 bits per heavy atom. The number of aliphatic carboxylic acids is 1. The third-order valence-electron chi connectivity index (χ3n) is 7.95. The van der Waals surface area contributed by atoms with Gasteiger partial charge in [0.1, 0.15) is 6.04 Å². The highest BCUT2D eigenvalue weighted by Crippen LogP contribution is 2.40. The number of anilines is 4. The lowest BCUT2D eigenvalue weighted by Gasteiger charge is -2.46. The normalized spacial score (nSPS) is 17.3. The maximum Gasteiger partial charge on any atom is 0.329 e. The fourth-order valence-electron chi connectivity index (χ4n) is 5.82. The molecule has 0 spiro atoms. The molecule has 1 fully saturated rings. The van der Waals surface area contributed by atoms with Crippen molar-refractivity contribution in [1.29, 1.82) is 0 Å². The van der Waals surface area contributed by atoms with Crippen molar-refractivity contribution in [3.8, 4) is 0 Å². The number of fused-ring (bicyclic) bond motifs is 2. The van der Waals surface area contributed by atoms with E-state index in [-0.39, 0.29) is 31.8 Å². The number of Topliss-reactive ketones (excluding diaryl/α,β-unsaturated/α-hetero) is 1. The molecule has 2 aliphatic heterocycles. The maximum atomic E-state index is 14.2. The third-order valence-corrected chi connectivity index (χ3v) is 8.59. The molecule has 0 radical (unpaired) electrons. The van der Waals surface area contributed by atoms with Crippen LogP contribution in [0.2, 0.25) is 10.0 Å². The average molecular weight is 632 g/mol. The summed E-state index contributed by atoms with van der Waals surface area (Å²) in [4.78, 5) is 45.9. The SMILES string of the molecule is O=C1Cc2ccccc2N(C(O)N2CCN(C(=O)N(c3ccccc3Cl)c3ccccc3Cl)C[C@H]2C(=O)O)c2ccccc21. The minimum atomic E-state index is -1.45. The van der Waals surface area contributed by atoms with Crippen LogP contribution < -0.4 is 9.80 Å². The van der Waals surface area contributed by atoms with Gasteiger partial charge in [-0.15, -0.1) is 0 Å². The molecule has 4 aromatic rings. The van der Waals surface area contributed by atoms with Crippen LogP contribution in [0.25, 0.3) is 0 Å². The lowest BCUT2D eigenvalue weighted by Crippen LogP contribution is -2.64. The minimum absolute atomic E-state index is 0.0253. The number of carbonyl (C=O) groups is 3. The first-order valence-electron chi connectivity index (χ1n) is 14.0. The van der Waals surface area contributed by atoms with Crippen molar-refractivity contribution in [2.75, 3.05) is 29.4 Å². The lowest BCUT2D eigenvalue weighted by molar-refractivity contribution is -0.151. The minimum Gasteiger partial charge on any atom is -0.480 e. The predicted octanol–water partition coefficient (Wildman–Crippen LogP) is 6.18. The van der Waals surface area contributed by atoms with Gasteiger partial charge in [-0.3, -0.25) is 14.5 Å². The molecule has 0 aromatic heterocycles. The number of hydrogen-bond donors (Lipinski definition) is 2. The van der Waals surface area contributed by atoms with Gasteiger partial charge in [-0.1, -0.05) is 77.8 Å². The van der Waals surface area contributed by atoms with Crippen molar-refractivity contribution in [1.82, 2.24) is 9.80 Å². The summed E-state index contributed by atoms with van der Waals surface area (Å²) < 4.78 is 0. The largest absolute Gasteiger partial charge is 0.480 e. The first-order chi connectivity index (χ1) is 21.3. The number of hydrogen-bond acceptors (Lipinski definition) is 6. The fraction of sp³-hybridized carbons (Fsp3) is 0.182. The van der Waals surface area contributed by atoms with Gasteiger partial charge in [-0.05, 0) is 48.0 Å². The van der Waals surface area contributed by atoms with Crippen LogP contribution >= 0.6 is 23.2 Å². The molecule has 2 N–H and O–H groups in total. The summed E-state index contributed by atoms with van der Waals surface area (Å²) in [6, 6.07) is 26.1. The number of carboxylic acids is 1. The van der Waals surface area contributed by atoms with E-state index in [9.17, 15) is 24.6 Å². The monoisotopic (exact) mass is 630 g/mol. The van der Waals surface area contributed by atoms with Crippen LogP contribution in [0.4, 0.5) is 27.5 Å². The van der Waals surface area contributed by atoms with Gasteiger partial charge < -0.3 is 20.0 Å². The number of urea groups is 1.